The average molecular weight is 458 g/mol. The molecule has 0 fully saturated rings. The van der Waals surface area contributed by atoms with E-state index in [-0.39, 0.29) is 18.1 Å². The number of ketones is 1. The summed E-state index contributed by atoms with van der Waals surface area (Å²) in [6.07, 6.45) is 3.77. The van der Waals surface area contributed by atoms with E-state index in [2.05, 4.69) is 10.3 Å². The summed E-state index contributed by atoms with van der Waals surface area (Å²) < 4.78 is 5.25. The van der Waals surface area contributed by atoms with E-state index in [0.717, 1.165) is 36.1 Å². The molecule has 0 saturated carbocycles. The molecular formula is C22H23N3O4S2. The lowest BCUT2D eigenvalue weighted by molar-refractivity contribution is 0.0526. The van der Waals surface area contributed by atoms with Crippen molar-refractivity contribution in [3.63, 3.8) is 0 Å². The van der Waals surface area contributed by atoms with Gasteiger partial charge in [0.1, 0.15) is 14.7 Å². The molecular weight excluding hydrogens is 434 g/mol. The van der Waals surface area contributed by atoms with E-state index in [1.54, 1.807) is 19.9 Å². The van der Waals surface area contributed by atoms with E-state index in [0.29, 0.717) is 36.9 Å². The number of ether oxygens (including phenoxy) is 1. The fourth-order valence-corrected chi connectivity index (χ4v) is 6.18. The van der Waals surface area contributed by atoms with Crippen LogP contribution < -0.4 is 11.1 Å². The lowest BCUT2D eigenvalue weighted by atomic mass is 9.95. The first kappa shape index (κ1) is 21.5. The largest absolute Gasteiger partial charge is 0.462 e. The molecule has 4 rings (SSSR count). The van der Waals surface area contributed by atoms with E-state index >= 15 is 0 Å². The zero-order chi connectivity index (χ0) is 22.3. The van der Waals surface area contributed by atoms with Crippen LogP contribution in [0.1, 0.15) is 73.2 Å². The van der Waals surface area contributed by atoms with Crippen LogP contribution in [0.5, 0.6) is 0 Å². The summed E-state index contributed by atoms with van der Waals surface area (Å²) in [6.45, 7) is 5.26. The summed E-state index contributed by atoms with van der Waals surface area (Å²) in [5.41, 5.74) is 9.08. The minimum absolute atomic E-state index is 0.105. The molecule has 0 aromatic carbocycles. The molecule has 1 aliphatic rings. The number of hydrogen-bond acceptors (Lipinski definition) is 8. The number of anilines is 2. The van der Waals surface area contributed by atoms with E-state index in [4.69, 9.17) is 10.5 Å². The Morgan fingerprint density at radius 2 is 1.97 bits per heavy atom. The van der Waals surface area contributed by atoms with Gasteiger partial charge >= 0.3 is 5.97 Å². The van der Waals surface area contributed by atoms with Gasteiger partial charge in [-0.1, -0.05) is 0 Å². The number of nitrogen functional groups attached to an aromatic ring is 1. The molecule has 7 nitrogen and oxygen atoms in total. The lowest BCUT2D eigenvalue weighted by Crippen LogP contribution is -2.15. The highest BCUT2D eigenvalue weighted by atomic mass is 32.1. The number of carbonyl (C=O) groups excluding carboxylic acids is 3. The van der Waals surface area contributed by atoms with Gasteiger partial charge in [0.25, 0.3) is 5.91 Å². The van der Waals surface area contributed by atoms with Gasteiger partial charge < -0.3 is 15.8 Å². The number of nitrogens with zero attached hydrogens (tertiary/aromatic N) is 1. The maximum atomic E-state index is 13.1. The van der Waals surface area contributed by atoms with Crippen molar-refractivity contribution in [2.75, 3.05) is 17.7 Å². The second-order valence-corrected chi connectivity index (χ2v) is 9.57. The number of nitrogens with two attached hydrogens (primary N) is 1. The predicted octanol–water partition coefficient (Wildman–Crippen LogP) is 4.76. The monoisotopic (exact) mass is 457 g/mol. The number of aryl methyl sites for hydroxylation is 2. The van der Waals surface area contributed by atoms with Gasteiger partial charge in [-0.15, -0.1) is 22.7 Å². The highest BCUT2D eigenvalue weighted by molar-refractivity contribution is 7.21. The first-order valence-corrected chi connectivity index (χ1v) is 11.8. The quantitative estimate of drug-likeness (QED) is 0.422. The Morgan fingerprint density at radius 3 is 2.68 bits per heavy atom. The van der Waals surface area contributed by atoms with Gasteiger partial charge in [-0.05, 0) is 58.1 Å². The Bertz CT molecular complexity index is 1230. The van der Waals surface area contributed by atoms with E-state index in [9.17, 15) is 14.4 Å². The summed E-state index contributed by atoms with van der Waals surface area (Å²) >= 11 is 2.61. The van der Waals surface area contributed by atoms with Crippen molar-refractivity contribution in [1.29, 1.82) is 0 Å². The summed E-state index contributed by atoms with van der Waals surface area (Å²) in [4.78, 5) is 44.1. The van der Waals surface area contributed by atoms with Crippen LogP contribution in [0.25, 0.3) is 10.2 Å². The number of esters is 1. The van der Waals surface area contributed by atoms with Crippen LogP contribution in [-0.4, -0.2) is 29.3 Å². The molecule has 3 heterocycles. The number of amides is 1. The molecule has 0 bridgehead atoms. The highest BCUT2D eigenvalue weighted by Gasteiger charge is 2.28. The maximum absolute atomic E-state index is 13.1. The Morgan fingerprint density at radius 1 is 1.23 bits per heavy atom. The molecule has 162 valence electrons. The molecule has 0 aliphatic heterocycles. The van der Waals surface area contributed by atoms with Crippen molar-refractivity contribution in [1.82, 2.24) is 4.98 Å². The predicted molar refractivity (Wildman–Crippen MR) is 124 cm³/mol. The number of carbonyl (C=O) groups is 3. The topological polar surface area (TPSA) is 111 Å². The first-order valence-electron chi connectivity index (χ1n) is 10.1. The number of nitrogens with one attached hydrogen (secondary N) is 1. The summed E-state index contributed by atoms with van der Waals surface area (Å²) in [5.74, 6) is -0.914. The number of fused-ring (bicyclic) bond motifs is 2. The molecule has 1 amide bonds. The minimum Gasteiger partial charge on any atom is -0.462 e. The molecule has 9 heteroatoms. The molecule has 0 unspecified atom stereocenters. The van der Waals surface area contributed by atoms with Crippen molar-refractivity contribution >= 4 is 61.2 Å². The summed E-state index contributed by atoms with van der Waals surface area (Å²) in [5, 5.41) is 3.98. The molecule has 0 spiro atoms. The van der Waals surface area contributed by atoms with Gasteiger partial charge in [0.15, 0.2) is 5.78 Å². The zero-order valence-corrected chi connectivity index (χ0v) is 19.2. The van der Waals surface area contributed by atoms with E-state index < -0.39 is 11.9 Å². The van der Waals surface area contributed by atoms with Crippen molar-refractivity contribution in [2.45, 2.75) is 46.5 Å². The number of thiophene rings is 2. The number of hydrogen-bond donors (Lipinski definition) is 2. The Labute approximate surface area is 187 Å². The zero-order valence-electron chi connectivity index (χ0n) is 17.6. The Balaban J connectivity index is 1.72. The second-order valence-electron chi connectivity index (χ2n) is 7.46. The van der Waals surface area contributed by atoms with Gasteiger partial charge in [0.2, 0.25) is 0 Å². The van der Waals surface area contributed by atoms with E-state index in [1.807, 2.05) is 0 Å². The lowest BCUT2D eigenvalue weighted by Gasteiger charge is -2.12. The van der Waals surface area contributed by atoms with E-state index in [1.165, 1.54) is 29.6 Å². The molecule has 0 radical (unpaired) electrons. The average Bonchev–Trinajstić information content (AvgIpc) is 3.24. The van der Waals surface area contributed by atoms with Crippen LogP contribution in [0, 0.1) is 6.92 Å². The molecule has 3 N–H and O–H groups in total. The van der Waals surface area contributed by atoms with Crippen molar-refractivity contribution in [2.24, 2.45) is 0 Å². The van der Waals surface area contributed by atoms with Gasteiger partial charge in [-0.25, -0.2) is 9.78 Å². The third kappa shape index (κ3) is 3.83. The molecule has 1 aliphatic carbocycles. The molecule has 3 aromatic rings. The molecule has 31 heavy (non-hydrogen) atoms. The summed E-state index contributed by atoms with van der Waals surface area (Å²) in [6, 6.07) is 1.69. The molecule has 3 aromatic heterocycles. The van der Waals surface area contributed by atoms with Crippen LogP contribution >= 0.6 is 22.7 Å². The van der Waals surface area contributed by atoms with Crippen LogP contribution in [0.4, 0.5) is 10.7 Å². The smallest absolute Gasteiger partial charge is 0.341 e. The molecule has 0 saturated heterocycles. The van der Waals surface area contributed by atoms with Crippen LogP contribution in [0.15, 0.2) is 6.07 Å². The minimum atomic E-state index is -0.412. The normalized spacial score (nSPS) is 13.1. The van der Waals surface area contributed by atoms with Gasteiger partial charge in [-0.2, -0.15) is 0 Å². The molecule has 0 atom stereocenters. The highest BCUT2D eigenvalue weighted by Crippen LogP contribution is 2.40. The van der Waals surface area contributed by atoms with Crippen molar-refractivity contribution < 1.29 is 19.1 Å². The maximum Gasteiger partial charge on any atom is 0.341 e. The number of Topliss-reactive ketones (excluding diaryl/α,β-unsaturated/α-hetero) is 1. The number of rotatable bonds is 5. The number of aromatic nitrogens is 1. The van der Waals surface area contributed by atoms with Crippen LogP contribution in [0.2, 0.25) is 0 Å². The fourth-order valence-electron chi connectivity index (χ4n) is 3.89. The van der Waals surface area contributed by atoms with Gasteiger partial charge in [0, 0.05) is 21.5 Å². The third-order valence-corrected chi connectivity index (χ3v) is 7.70. The Kier molecular flexibility index (Phi) is 5.81. The SMILES string of the molecule is CCOC(=O)c1c(NC(=O)c2sc3nc(C)c(C(C)=O)cc3c2N)sc2c1CCCC2. The van der Waals surface area contributed by atoms with Crippen LogP contribution in [-0.2, 0) is 17.6 Å². The second kappa shape index (κ2) is 8.39. The van der Waals surface area contributed by atoms with Crippen molar-refractivity contribution in [3.8, 4) is 0 Å². The summed E-state index contributed by atoms with van der Waals surface area (Å²) in [7, 11) is 0. The first-order chi connectivity index (χ1) is 14.8. The van der Waals surface area contributed by atoms with Crippen LogP contribution in [0.3, 0.4) is 0 Å². The fraction of sp³-hybridized carbons (Fsp3) is 0.364. The standard InChI is InChI=1S/C22H23N3O4S2/c1-4-29-22(28)16-12-7-5-6-8-15(12)30-21(16)25-19(27)18-17(23)14-9-13(11(3)26)10(2)24-20(14)31-18/h9H,4-8,23H2,1-3H3,(H,25,27). The van der Waals surface area contributed by atoms with Gasteiger partial charge in [0.05, 0.1) is 17.9 Å². The van der Waals surface area contributed by atoms with Gasteiger partial charge in [-0.3, -0.25) is 9.59 Å². The van der Waals surface area contributed by atoms with Crippen molar-refractivity contribution in [3.05, 3.63) is 38.2 Å². The third-order valence-electron chi connectivity index (χ3n) is 5.38. The Hall–Kier alpha value is -2.78. The number of pyridine rings is 1.